The van der Waals surface area contributed by atoms with Gasteiger partial charge in [-0.05, 0) is 36.5 Å². The maximum atomic E-state index is 5.69. The van der Waals surface area contributed by atoms with Gasteiger partial charge in [0.25, 0.3) is 0 Å². The Kier molecular flexibility index (Phi) is 7.53. The highest BCUT2D eigenvalue weighted by Crippen LogP contribution is 2.26. The van der Waals surface area contributed by atoms with Gasteiger partial charge in [0.05, 0.1) is 6.61 Å². The first-order chi connectivity index (χ1) is 9.22. The number of unbranched alkanes of at least 4 members (excludes halogenated alkanes) is 1. The van der Waals surface area contributed by atoms with Crippen LogP contribution in [0.2, 0.25) is 0 Å². The molecule has 0 saturated carbocycles. The minimum Gasteiger partial charge on any atom is -0.494 e. The first-order valence-corrected chi connectivity index (χ1v) is 7.41. The van der Waals surface area contributed by atoms with E-state index in [1.165, 1.54) is 18.4 Å². The molecule has 0 fully saturated rings. The highest BCUT2D eigenvalue weighted by Gasteiger charge is 2.16. The van der Waals surface area contributed by atoms with E-state index in [2.05, 4.69) is 38.3 Å². The van der Waals surface area contributed by atoms with E-state index >= 15 is 0 Å². The molecule has 1 aromatic rings. The minimum atomic E-state index is 0.213. The van der Waals surface area contributed by atoms with Crippen LogP contribution in [0.1, 0.15) is 58.1 Å². The Labute approximate surface area is 117 Å². The van der Waals surface area contributed by atoms with Gasteiger partial charge in [-0.1, -0.05) is 45.7 Å². The zero-order valence-electron chi connectivity index (χ0n) is 12.5. The third-order valence-corrected chi connectivity index (χ3v) is 3.50. The Morgan fingerprint density at radius 3 is 2.37 bits per heavy atom. The Morgan fingerprint density at radius 2 is 1.84 bits per heavy atom. The van der Waals surface area contributed by atoms with Crippen molar-refractivity contribution in [1.82, 2.24) is 5.43 Å². The van der Waals surface area contributed by atoms with E-state index < -0.39 is 0 Å². The number of nitrogens with two attached hydrogens (primary N) is 1. The van der Waals surface area contributed by atoms with E-state index in [0.29, 0.717) is 5.92 Å². The van der Waals surface area contributed by atoms with Gasteiger partial charge < -0.3 is 4.74 Å². The zero-order valence-corrected chi connectivity index (χ0v) is 12.5. The maximum absolute atomic E-state index is 5.69. The lowest BCUT2D eigenvalue weighted by molar-refractivity contribution is 0.309. The molecule has 0 aliphatic rings. The molecule has 0 bridgehead atoms. The predicted octanol–water partition coefficient (Wildman–Crippen LogP) is 3.81. The van der Waals surface area contributed by atoms with Crippen LogP contribution in [0.3, 0.4) is 0 Å². The predicted molar refractivity (Wildman–Crippen MR) is 81.0 cm³/mol. The molecule has 19 heavy (non-hydrogen) atoms. The van der Waals surface area contributed by atoms with Gasteiger partial charge in [-0.15, -0.1) is 0 Å². The van der Waals surface area contributed by atoms with Crippen LogP contribution in [0.5, 0.6) is 5.75 Å². The van der Waals surface area contributed by atoms with Crippen molar-refractivity contribution in [1.29, 1.82) is 0 Å². The lowest BCUT2D eigenvalue weighted by atomic mass is 9.91. The van der Waals surface area contributed by atoms with Crippen LogP contribution in [-0.4, -0.2) is 6.61 Å². The molecule has 3 heteroatoms. The van der Waals surface area contributed by atoms with Crippen LogP contribution < -0.4 is 16.0 Å². The normalized spacial score (nSPS) is 14.1. The highest BCUT2D eigenvalue weighted by molar-refractivity contribution is 5.29. The molecule has 2 unspecified atom stereocenters. The fraction of sp³-hybridized carbons (Fsp3) is 0.625. The maximum Gasteiger partial charge on any atom is 0.119 e. The molecule has 0 spiro atoms. The summed E-state index contributed by atoms with van der Waals surface area (Å²) >= 11 is 0. The summed E-state index contributed by atoms with van der Waals surface area (Å²) in [7, 11) is 0. The fourth-order valence-electron chi connectivity index (χ4n) is 2.32. The van der Waals surface area contributed by atoms with E-state index in [-0.39, 0.29) is 6.04 Å². The van der Waals surface area contributed by atoms with Crippen molar-refractivity contribution in [3.8, 4) is 5.75 Å². The molecule has 0 aliphatic carbocycles. The molecule has 3 N–H and O–H groups in total. The molecule has 0 aliphatic heterocycles. The monoisotopic (exact) mass is 264 g/mol. The van der Waals surface area contributed by atoms with Crippen molar-refractivity contribution in [3.63, 3.8) is 0 Å². The molecule has 3 nitrogen and oxygen atoms in total. The third kappa shape index (κ3) is 5.21. The van der Waals surface area contributed by atoms with Crippen LogP contribution in [0.25, 0.3) is 0 Å². The van der Waals surface area contributed by atoms with Gasteiger partial charge in [0.15, 0.2) is 0 Å². The number of ether oxygens (including phenoxy) is 1. The summed E-state index contributed by atoms with van der Waals surface area (Å²) in [5, 5.41) is 0. The second kappa shape index (κ2) is 8.94. The summed E-state index contributed by atoms with van der Waals surface area (Å²) in [6.45, 7) is 7.40. The Balaban J connectivity index is 2.62. The van der Waals surface area contributed by atoms with Crippen molar-refractivity contribution in [2.45, 2.75) is 52.5 Å². The van der Waals surface area contributed by atoms with E-state index in [0.717, 1.165) is 25.2 Å². The lowest BCUT2D eigenvalue weighted by Crippen LogP contribution is -2.32. The van der Waals surface area contributed by atoms with Crippen molar-refractivity contribution >= 4 is 0 Å². The van der Waals surface area contributed by atoms with Gasteiger partial charge in [0.2, 0.25) is 0 Å². The number of nitrogens with one attached hydrogen (secondary N) is 1. The lowest BCUT2D eigenvalue weighted by Gasteiger charge is -2.23. The average molecular weight is 264 g/mol. The summed E-state index contributed by atoms with van der Waals surface area (Å²) in [6, 6.07) is 8.50. The van der Waals surface area contributed by atoms with Crippen LogP contribution in [0, 0.1) is 5.92 Å². The molecule has 1 aromatic carbocycles. The minimum absolute atomic E-state index is 0.213. The summed E-state index contributed by atoms with van der Waals surface area (Å²) in [6.07, 6.45) is 4.61. The second-order valence-corrected chi connectivity index (χ2v) is 5.18. The molecular formula is C16H28N2O. The number of rotatable bonds is 9. The van der Waals surface area contributed by atoms with Crippen LogP contribution >= 0.6 is 0 Å². The molecule has 1 rings (SSSR count). The van der Waals surface area contributed by atoms with Crippen LogP contribution in [-0.2, 0) is 0 Å². The smallest absolute Gasteiger partial charge is 0.119 e. The van der Waals surface area contributed by atoms with Gasteiger partial charge in [0, 0.05) is 6.04 Å². The van der Waals surface area contributed by atoms with Crippen molar-refractivity contribution < 1.29 is 4.74 Å². The first kappa shape index (κ1) is 16.0. The van der Waals surface area contributed by atoms with E-state index in [1.807, 2.05) is 12.1 Å². The zero-order chi connectivity index (χ0) is 14.1. The molecule has 2 atom stereocenters. The highest BCUT2D eigenvalue weighted by atomic mass is 16.5. The molecule has 0 radical (unpaired) electrons. The molecular weight excluding hydrogens is 236 g/mol. The summed E-state index contributed by atoms with van der Waals surface area (Å²) in [5.74, 6) is 7.16. The molecule has 0 saturated heterocycles. The van der Waals surface area contributed by atoms with Gasteiger partial charge in [-0.3, -0.25) is 11.3 Å². The van der Waals surface area contributed by atoms with Gasteiger partial charge in [-0.2, -0.15) is 0 Å². The number of hydrogen-bond acceptors (Lipinski definition) is 3. The van der Waals surface area contributed by atoms with Crippen molar-refractivity contribution in [2.75, 3.05) is 6.61 Å². The summed E-state index contributed by atoms with van der Waals surface area (Å²) in [5.41, 5.74) is 4.16. The largest absolute Gasteiger partial charge is 0.494 e. The number of benzene rings is 1. The number of hydrogen-bond donors (Lipinski definition) is 2. The van der Waals surface area contributed by atoms with Crippen LogP contribution in [0.15, 0.2) is 24.3 Å². The molecule has 0 amide bonds. The van der Waals surface area contributed by atoms with E-state index in [4.69, 9.17) is 10.6 Å². The Hall–Kier alpha value is -1.06. The van der Waals surface area contributed by atoms with Gasteiger partial charge in [-0.25, -0.2) is 0 Å². The average Bonchev–Trinajstić information content (AvgIpc) is 2.42. The van der Waals surface area contributed by atoms with Crippen molar-refractivity contribution in [3.05, 3.63) is 29.8 Å². The SMILES string of the molecule is CCCCOc1ccc(C(NN)C(C)CCC)cc1. The van der Waals surface area contributed by atoms with Gasteiger partial charge >= 0.3 is 0 Å². The Morgan fingerprint density at radius 1 is 1.16 bits per heavy atom. The fourth-order valence-corrected chi connectivity index (χ4v) is 2.32. The molecule has 0 aromatic heterocycles. The second-order valence-electron chi connectivity index (χ2n) is 5.18. The van der Waals surface area contributed by atoms with E-state index in [9.17, 15) is 0 Å². The Bertz CT molecular complexity index is 337. The standard InChI is InChI=1S/C16H28N2O/c1-4-6-12-19-15-10-8-14(9-11-15)16(18-17)13(3)7-5-2/h8-11,13,16,18H,4-7,12,17H2,1-3H3. The summed E-state index contributed by atoms with van der Waals surface area (Å²) in [4.78, 5) is 0. The topological polar surface area (TPSA) is 47.3 Å². The van der Waals surface area contributed by atoms with Crippen LogP contribution in [0.4, 0.5) is 0 Å². The van der Waals surface area contributed by atoms with Crippen molar-refractivity contribution in [2.24, 2.45) is 11.8 Å². The third-order valence-electron chi connectivity index (χ3n) is 3.50. The van der Waals surface area contributed by atoms with Gasteiger partial charge in [0.1, 0.15) is 5.75 Å². The molecule has 108 valence electrons. The molecule has 0 heterocycles. The van der Waals surface area contributed by atoms with E-state index in [1.54, 1.807) is 0 Å². The quantitative estimate of drug-likeness (QED) is 0.405. The summed E-state index contributed by atoms with van der Waals surface area (Å²) < 4.78 is 5.67. The first-order valence-electron chi connectivity index (χ1n) is 7.41. The number of hydrazine groups is 1.